The quantitative estimate of drug-likeness (QED) is 0.445. The molecule has 2 unspecified atom stereocenters. The van der Waals surface area contributed by atoms with Gasteiger partial charge in [0.2, 0.25) is 10.0 Å². The summed E-state index contributed by atoms with van der Waals surface area (Å²) in [6, 6.07) is 11.3. The third-order valence-electron chi connectivity index (χ3n) is 6.53. The minimum absolute atomic E-state index is 0.0598. The zero-order valence-electron chi connectivity index (χ0n) is 18.8. The summed E-state index contributed by atoms with van der Waals surface area (Å²) < 4.78 is 52.8. The van der Waals surface area contributed by atoms with Crippen LogP contribution < -0.4 is 4.74 Å². The Morgan fingerprint density at radius 2 is 1.82 bits per heavy atom. The fourth-order valence-corrected chi connectivity index (χ4v) is 7.58. The number of benzene rings is 1. The molecule has 2 fully saturated rings. The summed E-state index contributed by atoms with van der Waals surface area (Å²) >= 11 is -0.458. The number of hydrogen-bond donors (Lipinski definition) is 1. The lowest BCUT2D eigenvalue weighted by molar-refractivity contribution is 0.111. The molecule has 34 heavy (non-hydrogen) atoms. The molecule has 11 heteroatoms. The van der Waals surface area contributed by atoms with Gasteiger partial charge in [0.25, 0.3) is 5.19 Å². The van der Waals surface area contributed by atoms with Crippen LogP contribution in [0.15, 0.2) is 36.4 Å². The summed E-state index contributed by atoms with van der Waals surface area (Å²) in [7, 11) is -3.10. The van der Waals surface area contributed by atoms with E-state index in [2.05, 4.69) is 4.98 Å². The van der Waals surface area contributed by atoms with Crippen molar-refractivity contribution in [1.29, 1.82) is 0 Å². The number of fused-ring (bicyclic) bond motifs is 1. The molecule has 1 saturated heterocycles. The van der Waals surface area contributed by atoms with Gasteiger partial charge in [-0.2, -0.15) is 0 Å². The van der Waals surface area contributed by atoms with E-state index in [-0.39, 0.29) is 23.0 Å². The minimum atomic E-state index is -3.10. The number of sulfonamides is 1. The molecule has 8 nitrogen and oxygen atoms in total. The van der Waals surface area contributed by atoms with E-state index < -0.39 is 21.1 Å². The van der Waals surface area contributed by atoms with Crippen LogP contribution in [0.4, 0.5) is 0 Å². The van der Waals surface area contributed by atoms with E-state index in [0.717, 1.165) is 52.9 Å². The van der Waals surface area contributed by atoms with Crippen LogP contribution in [0.5, 0.6) is 5.19 Å². The van der Waals surface area contributed by atoms with Crippen molar-refractivity contribution in [2.75, 3.05) is 13.1 Å². The zero-order valence-corrected chi connectivity index (χ0v) is 21.2. The van der Waals surface area contributed by atoms with E-state index >= 15 is 0 Å². The molecule has 2 aliphatic rings. The lowest BCUT2D eigenvalue weighted by Gasteiger charge is -2.33. The molecule has 0 radical (unpaired) electrons. The van der Waals surface area contributed by atoms with E-state index in [4.69, 9.17) is 14.3 Å². The Morgan fingerprint density at radius 1 is 1.12 bits per heavy atom. The van der Waals surface area contributed by atoms with Crippen molar-refractivity contribution in [1.82, 2.24) is 14.3 Å². The highest BCUT2D eigenvalue weighted by Crippen LogP contribution is 2.35. The summed E-state index contributed by atoms with van der Waals surface area (Å²) in [5.74, 6) is 0.392. The fourth-order valence-electron chi connectivity index (χ4n) is 4.35. The van der Waals surface area contributed by atoms with Gasteiger partial charge in [-0.1, -0.05) is 35.6 Å². The topological polar surface area (TPSA) is 110 Å². The molecular formula is C23H27N3O5S3. The fraction of sp³-hybridized carbons (Fsp3) is 0.478. The first-order valence-electron chi connectivity index (χ1n) is 11.4. The molecule has 1 aromatic carbocycles. The van der Waals surface area contributed by atoms with E-state index in [1.807, 2.05) is 43.3 Å². The van der Waals surface area contributed by atoms with Crippen LogP contribution in [0.25, 0.3) is 21.6 Å². The molecule has 2 atom stereocenters. The van der Waals surface area contributed by atoms with Gasteiger partial charge in [-0.15, -0.1) is 0 Å². The van der Waals surface area contributed by atoms with Crippen LogP contribution in [0.2, 0.25) is 0 Å². The van der Waals surface area contributed by atoms with Crippen molar-refractivity contribution in [3.63, 3.8) is 0 Å². The van der Waals surface area contributed by atoms with Crippen molar-refractivity contribution in [2.45, 2.75) is 49.7 Å². The summed E-state index contributed by atoms with van der Waals surface area (Å²) in [4.78, 5) is 10.1. The number of piperidine rings is 1. The van der Waals surface area contributed by atoms with E-state index in [0.29, 0.717) is 18.3 Å². The summed E-state index contributed by atoms with van der Waals surface area (Å²) in [5.41, 5.74) is 3.29. The number of hydrogen-bond acceptors (Lipinski definition) is 7. The first-order chi connectivity index (χ1) is 16.3. The van der Waals surface area contributed by atoms with Gasteiger partial charge in [-0.05, 0) is 56.2 Å². The highest BCUT2D eigenvalue weighted by Gasteiger charge is 2.41. The third-order valence-corrected chi connectivity index (χ3v) is 10.4. The molecule has 0 amide bonds. The second-order valence-corrected chi connectivity index (χ2v) is 13.1. The standard InChI is InChI=1S/C23H27N3O5S3/c1-15(17-10-12-26(13-11-17)34(29,30)19-6-7-19)31-23-25-21-9-8-20(24-22(21)32-23)18-4-2-16(3-5-18)14-33(27)28/h2-5,8-9,15,17,19H,6-7,10-14H2,1H3,(H,27,28). The molecule has 3 aromatic rings. The number of thiazole rings is 1. The highest BCUT2D eigenvalue weighted by atomic mass is 32.2. The lowest BCUT2D eigenvalue weighted by Crippen LogP contribution is -2.43. The normalized spacial score (nSPS) is 19.8. The van der Waals surface area contributed by atoms with Crippen molar-refractivity contribution in [3.8, 4) is 16.5 Å². The number of aromatic nitrogens is 2. The number of rotatable bonds is 8. The van der Waals surface area contributed by atoms with Gasteiger partial charge in [0.15, 0.2) is 11.1 Å². The van der Waals surface area contributed by atoms with Crippen LogP contribution in [0.3, 0.4) is 0 Å². The van der Waals surface area contributed by atoms with Crippen LogP contribution in [0, 0.1) is 5.92 Å². The first-order valence-corrected chi connectivity index (χ1v) is 15.0. The largest absolute Gasteiger partial charge is 0.467 e. The maximum absolute atomic E-state index is 12.5. The molecule has 1 N–H and O–H groups in total. The number of ether oxygens (including phenoxy) is 1. The van der Waals surface area contributed by atoms with Gasteiger partial charge >= 0.3 is 0 Å². The lowest BCUT2D eigenvalue weighted by atomic mass is 9.93. The van der Waals surface area contributed by atoms with Crippen molar-refractivity contribution >= 4 is 42.8 Å². The Morgan fingerprint density at radius 3 is 2.47 bits per heavy atom. The zero-order chi connectivity index (χ0) is 23.9. The smallest absolute Gasteiger partial charge is 0.276 e. The van der Waals surface area contributed by atoms with Gasteiger partial charge in [0, 0.05) is 18.7 Å². The maximum atomic E-state index is 12.5. The van der Waals surface area contributed by atoms with Crippen LogP contribution in [-0.2, 0) is 26.9 Å². The predicted molar refractivity (Wildman–Crippen MR) is 134 cm³/mol. The molecule has 1 aliphatic heterocycles. The Hall–Kier alpha value is -1.92. The highest BCUT2D eigenvalue weighted by molar-refractivity contribution is 7.90. The van der Waals surface area contributed by atoms with Crippen LogP contribution in [0.1, 0.15) is 38.2 Å². The molecule has 0 spiro atoms. The van der Waals surface area contributed by atoms with E-state index in [1.165, 1.54) is 11.3 Å². The monoisotopic (exact) mass is 521 g/mol. The molecule has 2 aromatic heterocycles. The second kappa shape index (κ2) is 9.62. The Balaban J connectivity index is 1.23. The molecule has 3 heterocycles. The molecule has 182 valence electrons. The summed E-state index contributed by atoms with van der Waals surface area (Å²) in [6.07, 6.45) is 3.12. The predicted octanol–water partition coefficient (Wildman–Crippen LogP) is 4.05. The summed E-state index contributed by atoms with van der Waals surface area (Å²) in [6.45, 7) is 3.16. The Kier molecular flexibility index (Phi) is 6.73. The van der Waals surface area contributed by atoms with Crippen LogP contribution >= 0.6 is 11.3 Å². The minimum Gasteiger partial charge on any atom is -0.467 e. The van der Waals surface area contributed by atoms with Crippen molar-refractivity contribution < 1.29 is 21.9 Å². The average molecular weight is 522 g/mol. The van der Waals surface area contributed by atoms with Gasteiger partial charge in [0.05, 0.1) is 16.7 Å². The number of nitrogens with zero attached hydrogens (tertiary/aromatic N) is 3. The summed E-state index contributed by atoms with van der Waals surface area (Å²) in [5, 5.41) is 0.419. The molecule has 1 saturated carbocycles. The van der Waals surface area contributed by atoms with Gasteiger partial charge < -0.3 is 9.29 Å². The third kappa shape index (κ3) is 5.18. The SMILES string of the molecule is CC(Oc1nc2ccc(-c3ccc(CS(=O)O)cc3)nc2s1)C1CCN(S(=O)(=O)C2CC2)CC1. The van der Waals surface area contributed by atoms with E-state index in [1.54, 1.807) is 4.31 Å². The molecule has 0 bridgehead atoms. The second-order valence-electron chi connectivity index (χ2n) is 8.97. The average Bonchev–Trinajstić information content (AvgIpc) is 3.60. The van der Waals surface area contributed by atoms with Crippen molar-refractivity contribution in [3.05, 3.63) is 42.0 Å². The molecule has 1 aliphatic carbocycles. The maximum Gasteiger partial charge on any atom is 0.276 e. The van der Waals surface area contributed by atoms with Crippen molar-refractivity contribution in [2.24, 2.45) is 5.92 Å². The number of pyridine rings is 1. The van der Waals surface area contributed by atoms with Crippen LogP contribution in [-0.4, -0.2) is 55.9 Å². The van der Waals surface area contributed by atoms with E-state index in [9.17, 15) is 12.6 Å². The van der Waals surface area contributed by atoms with Gasteiger partial charge in [-0.3, -0.25) is 0 Å². The Bertz CT molecular complexity index is 1300. The van der Waals surface area contributed by atoms with Gasteiger partial charge in [0.1, 0.15) is 16.5 Å². The Labute approximate surface area is 205 Å². The first kappa shape index (κ1) is 23.8. The van der Waals surface area contributed by atoms with Gasteiger partial charge in [-0.25, -0.2) is 26.9 Å². The molecule has 5 rings (SSSR count). The molecular weight excluding hydrogens is 494 g/mol.